The molecule has 164 valence electrons. The third kappa shape index (κ3) is 3.61. The number of benzene rings is 3. The van der Waals surface area contributed by atoms with Crippen LogP contribution in [0.15, 0.2) is 66.7 Å². The summed E-state index contributed by atoms with van der Waals surface area (Å²) in [5, 5.41) is 4.64. The van der Waals surface area contributed by atoms with Gasteiger partial charge >= 0.3 is 0 Å². The molecule has 2 atom stereocenters. The molecule has 1 spiro atoms. The molecule has 3 N–H and O–H groups in total. The van der Waals surface area contributed by atoms with Crippen molar-refractivity contribution in [2.75, 3.05) is 5.32 Å². The molecule has 0 unspecified atom stereocenters. The van der Waals surface area contributed by atoms with Gasteiger partial charge in [-0.15, -0.1) is 0 Å². The number of carbonyl (C=O) groups is 2. The standard InChI is InChI=1S/C18H14Cl2N2O2.C7H7Cl/c19-11-3-1-2-10(8-11)18(21)15(23)6-7-17(18)13-5-4-12(20)9-14(13)22-16(17)24;1-6-3-2-4-7(8)5-6/h1-5,8-9H,6-7,21H2,(H,22,24);2-5H,1H3/t17-,18+;/m0./s1. The smallest absolute Gasteiger partial charge is 0.237 e. The number of rotatable bonds is 1. The molecular formula is C25H21Cl3N2O2. The Labute approximate surface area is 201 Å². The Morgan fingerprint density at radius 1 is 0.875 bits per heavy atom. The molecule has 1 heterocycles. The minimum Gasteiger partial charge on any atom is -0.325 e. The summed E-state index contributed by atoms with van der Waals surface area (Å²) in [5.41, 5.74) is 7.15. The molecule has 1 saturated carbocycles. The molecule has 7 heteroatoms. The van der Waals surface area contributed by atoms with E-state index in [1.807, 2.05) is 31.2 Å². The van der Waals surface area contributed by atoms with Gasteiger partial charge in [0.05, 0.1) is 0 Å². The molecule has 0 radical (unpaired) electrons. The second-order valence-electron chi connectivity index (χ2n) is 8.09. The van der Waals surface area contributed by atoms with Crippen molar-refractivity contribution in [1.29, 1.82) is 0 Å². The topological polar surface area (TPSA) is 72.2 Å². The van der Waals surface area contributed by atoms with Gasteiger partial charge in [0.2, 0.25) is 5.91 Å². The number of nitrogens with one attached hydrogen (secondary N) is 1. The summed E-state index contributed by atoms with van der Waals surface area (Å²) in [6, 6.07) is 19.8. The SMILES string of the molecule is Cc1cccc(Cl)c1.N[C@]1(c2cccc(Cl)c2)C(=O)CC[C@]12C(=O)Nc1cc(Cl)ccc12. The lowest BCUT2D eigenvalue weighted by Gasteiger charge is -2.38. The van der Waals surface area contributed by atoms with Crippen molar-refractivity contribution >= 4 is 52.2 Å². The van der Waals surface area contributed by atoms with Crippen molar-refractivity contribution in [3.63, 3.8) is 0 Å². The summed E-state index contributed by atoms with van der Waals surface area (Å²) in [6.45, 7) is 2.02. The molecule has 3 aromatic carbocycles. The first-order chi connectivity index (χ1) is 15.2. The van der Waals surface area contributed by atoms with Gasteiger partial charge < -0.3 is 11.1 Å². The fourth-order valence-corrected chi connectivity index (χ4v) is 5.27. The van der Waals surface area contributed by atoms with E-state index in [0.29, 0.717) is 33.3 Å². The number of hydrogen-bond acceptors (Lipinski definition) is 3. The molecule has 1 aliphatic carbocycles. The summed E-state index contributed by atoms with van der Waals surface area (Å²) < 4.78 is 0. The van der Waals surface area contributed by atoms with Gasteiger partial charge in [-0.05, 0) is 66.4 Å². The van der Waals surface area contributed by atoms with Crippen molar-refractivity contribution < 1.29 is 9.59 Å². The summed E-state index contributed by atoms with van der Waals surface area (Å²) in [6.07, 6.45) is 0.591. The molecule has 0 aromatic heterocycles. The monoisotopic (exact) mass is 486 g/mol. The number of aryl methyl sites for hydroxylation is 1. The lowest BCUT2D eigenvalue weighted by molar-refractivity contribution is -0.129. The average Bonchev–Trinajstić information content (AvgIpc) is 3.18. The Morgan fingerprint density at radius 2 is 1.53 bits per heavy atom. The highest BCUT2D eigenvalue weighted by Gasteiger charge is 2.66. The quantitative estimate of drug-likeness (QED) is 0.439. The molecule has 0 saturated heterocycles. The number of ketones is 1. The van der Waals surface area contributed by atoms with Gasteiger partial charge in [-0.3, -0.25) is 9.59 Å². The molecule has 1 amide bonds. The van der Waals surface area contributed by atoms with Crippen molar-refractivity contribution in [3.8, 4) is 0 Å². The summed E-state index contributed by atoms with van der Waals surface area (Å²) in [5.74, 6) is -0.434. The molecule has 0 bridgehead atoms. The third-order valence-corrected chi connectivity index (χ3v) is 6.88. The van der Waals surface area contributed by atoms with E-state index < -0.39 is 11.0 Å². The lowest BCUT2D eigenvalue weighted by Crippen LogP contribution is -2.59. The Hall–Kier alpha value is -2.37. The summed E-state index contributed by atoms with van der Waals surface area (Å²) in [4.78, 5) is 25.8. The molecule has 5 rings (SSSR count). The minimum atomic E-state index is -1.46. The molecule has 32 heavy (non-hydrogen) atoms. The van der Waals surface area contributed by atoms with E-state index in [9.17, 15) is 9.59 Å². The van der Waals surface area contributed by atoms with Gasteiger partial charge in [-0.1, -0.05) is 65.1 Å². The van der Waals surface area contributed by atoms with Crippen LogP contribution in [0.1, 0.15) is 29.5 Å². The summed E-state index contributed by atoms with van der Waals surface area (Å²) >= 11 is 17.8. The van der Waals surface area contributed by atoms with Crippen LogP contribution in [-0.2, 0) is 20.5 Å². The highest BCUT2D eigenvalue weighted by atomic mass is 35.5. The van der Waals surface area contributed by atoms with Crippen molar-refractivity contribution in [2.45, 2.75) is 30.7 Å². The number of hydrogen-bond donors (Lipinski definition) is 2. The molecule has 1 aliphatic heterocycles. The van der Waals surface area contributed by atoms with E-state index >= 15 is 0 Å². The number of amides is 1. The maximum absolute atomic E-state index is 13.0. The predicted molar refractivity (Wildman–Crippen MR) is 130 cm³/mol. The molecule has 1 fully saturated rings. The number of nitrogens with two attached hydrogens (primary N) is 1. The normalized spacial score (nSPS) is 23.5. The highest BCUT2D eigenvalue weighted by molar-refractivity contribution is 6.31. The fourth-order valence-electron chi connectivity index (χ4n) is 4.66. The van der Waals surface area contributed by atoms with Crippen LogP contribution in [0.25, 0.3) is 0 Å². The van der Waals surface area contributed by atoms with Crippen LogP contribution in [0.4, 0.5) is 5.69 Å². The number of fused-ring (bicyclic) bond motifs is 2. The Morgan fingerprint density at radius 3 is 2.16 bits per heavy atom. The zero-order valence-corrected chi connectivity index (χ0v) is 19.6. The van der Waals surface area contributed by atoms with Crippen LogP contribution in [0, 0.1) is 6.92 Å². The van der Waals surface area contributed by atoms with E-state index in [1.54, 1.807) is 42.5 Å². The lowest BCUT2D eigenvalue weighted by atomic mass is 9.65. The van der Waals surface area contributed by atoms with Crippen molar-refractivity contribution in [1.82, 2.24) is 0 Å². The largest absolute Gasteiger partial charge is 0.325 e. The van der Waals surface area contributed by atoms with Crippen LogP contribution < -0.4 is 11.1 Å². The Kier molecular flexibility index (Phi) is 6.08. The van der Waals surface area contributed by atoms with Crippen LogP contribution in [0.5, 0.6) is 0 Å². The van der Waals surface area contributed by atoms with Crippen LogP contribution in [-0.4, -0.2) is 11.7 Å². The molecule has 4 nitrogen and oxygen atoms in total. The number of Topliss-reactive ketones (excluding diaryl/α,β-unsaturated/α-hetero) is 1. The summed E-state index contributed by atoms with van der Waals surface area (Å²) in [7, 11) is 0. The van der Waals surface area contributed by atoms with Gasteiger partial charge in [0.1, 0.15) is 11.0 Å². The average molecular weight is 488 g/mol. The third-order valence-electron chi connectivity index (χ3n) is 6.18. The van der Waals surface area contributed by atoms with Crippen LogP contribution in [0.2, 0.25) is 15.1 Å². The van der Waals surface area contributed by atoms with E-state index in [2.05, 4.69) is 5.32 Å². The van der Waals surface area contributed by atoms with E-state index in [-0.39, 0.29) is 18.1 Å². The van der Waals surface area contributed by atoms with Gasteiger partial charge in [-0.2, -0.15) is 0 Å². The Balaban J connectivity index is 0.000000260. The molecule has 2 aliphatic rings. The predicted octanol–water partition coefficient (Wildman–Crippen LogP) is 6.05. The zero-order valence-electron chi connectivity index (χ0n) is 17.3. The van der Waals surface area contributed by atoms with Crippen molar-refractivity contribution in [3.05, 3.63) is 98.5 Å². The maximum Gasteiger partial charge on any atom is 0.237 e. The molecule has 3 aromatic rings. The van der Waals surface area contributed by atoms with Crippen molar-refractivity contribution in [2.24, 2.45) is 5.73 Å². The van der Waals surface area contributed by atoms with Gasteiger partial charge in [0, 0.05) is 27.2 Å². The second-order valence-corrected chi connectivity index (χ2v) is 9.40. The first kappa shape index (κ1) is 22.8. The minimum absolute atomic E-state index is 0.164. The number of anilines is 1. The van der Waals surface area contributed by atoms with Gasteiger partial charge in [-0.25, -0.2) is 0 Å². The Bertz CT molecular complexity index is 1210. The van der Waals surface area contributed by atoms with Crippen LogP contribution >= 0.6 is 34.8 Å². The fraction of sp³-hybridized carbons (Fsp3) is 0.200. The van der Waals surface area contributed by atoms with E-state index in [1.165, 1.54) is 5.56 Å². The first-order valence-electron chi connectivity index (χ1n) is 10.1. The van der Waals surface area contributed by atoms with Gasteiger partial charge in [0.15, 0.2) is 5.78 Å². The second kappa shape index (κ2) is 8.53. The first-order valence-corrected chi connectivity index (χ1v) is 11.2. The van der Waals surface area contributed by atoms with E-state index in [0.717, 1.165) is 5.02 Å². The zero-order chi connectivity index (χ0) is 23.1. The highest BCUT2D eigenvalue weighted by Crippen LogP contribution is 2.56. The number of halogens is 3. The van der Waals surface area contributed by atoms with E-state index in [4.69, 9.17) is 40.5 Å². The maximum atomic E-state index is 13.0. The van der Waals surface area contributed by atoms with Gasteiger partial charge in [0.25, 0.3) is 0 Å². The van der Waals surface area contributed by atoms with Crippen LogP contribution in [0.3, 0.4) is 0 Å². The number of carbonyl (C=O) groups excluding carboxylic acids is 2. The molecular weight excluding hydrogens is 467 g/mol.